The van der Waals surface area contributed by atoms with Gasteiger partial charge < -0.3 is 10.1 Å². The molecule has 0 spiro atoms. The van der Waals surface area contributed by atoms with Gasteiger partial charge in [-0.1, -0.05) is 30.3 Å². The van der Waals surface area contributed by atoms with Crippen molar-refractivity contribution in [2.24, 2.45) is 0 Å². The third-order valence-corrected chi connectivity index (χ3v) is 4.85. The Labute approximate surface area is 164 Å². The highest BCUT2D eigenvalue weighted by molar-refractivity contribution is 6.01. The van der Waals surface area contributed by atoms with Crippen molar-refractivity contribution in [1.82, 2.24) is 10.3 Å². The molecule has 3 aromatic rings. The molecule has 0 fully saturated rings. The number of aromatic amines is 1. The van der Waals surface area contributed by atoms with Gasteiger partial charge in [0, 0.05) is 30.6 Å². The second-order valence-corrected chi connectivity index (χ2v) is 6.91. The standard InChI is InChI=1S/C22H22N4O2/c1-15-11-18(14-28-2)19-21(24-15)26(13-16-7-4-3-5-8-16)20(25-22(19)27)17-9-6-10-23-12-17/h3-12,20H,13-14H2,1-2H3,(H,25,27)/p+1/t20-/m0/s1. The minimum atomic E-state index is -0.317. The summed E-state index contributed by atoms with van der Waals surface area (Å²) in [6.45, 7) is 3.01. The number of carbonyl (C=O) groups excluding carboxylic acids is 1. The number of carbonyl (C=O) groups is 1. The summed E-state index contributed by atoms with van der Waals surface area (Å²) >= 11 is 0. The highest BCUT2D eigenvalue weighted by Crippen LogP contribution is 2.33. The quantitative estimate of drug-likeness (QED) is 0.745. The van der Waals surface area contributed by atoms with Crippen molar-refractivity contribution >= 4 is 11.7 Å². The lowest BCUT2D eigenvalue weighted by Crippen LogP contribution is -2.49. The van der Waals surface area contributed by atoms with Gasteiger partial charge in [0.2, 0.25) is 0 Å². The smallest absolute Gasteiger partial charge is 0.290 e. The van der Waals surface area contributed by atoms with Crippen LogP contribution < -0.4 is 15.2 Å². The van der Waals surface area contributed by atoms with Crippen LogP contribution in [-0.4, -0.2) is 18.0 Å². The van der Waals surface area contributed by atoms with Gasteiger partial charge in [-0.05, 0) is 30.7 Å². The molecular formula is C22H23N4O2+. The average Bonchev–Trinajstić information content (AvgIpc) is 2.71. The van der Waals surface area contributed by atoms with Gasteiger partial charge >= 0.3 is 0 Å². The van der Waals surface area contributed by atoms with Gasteiger partial charge in [0.1, 0.15) is 12.1 Å². The number of ether oxygens (including phenoxy) is 1. The third-order valence-electron chi connectivity index (χ3n) is 4.85. The van der Waals surface area contributed by atoms with Crippen LogP contribution in [0.25, 0.3) is 0 Å². The highest BCUT2D eigenvalue weighted by atomic mass is 16.5. The molecule has 4 rings (SSSR count). The summed E-state index contributed by atoms with van der Waals surface area (Å²) in [5.41, 5.74) is 4.56. The minimum absolute atomic E-state index is 0.114. The van der Waals surface area contributed by atoms with E-state index in [0.717, 1.165) is 28.2 Å². The normalized spacial score (nSPS) is 15.9. The number of hydrogen-bond acceptors (Lipinski definition) is 4. The summed E-state index contributed by atoms with van der Waals surface area (Å²) in [4.78, 5) is 22.9. The third kappa shape index (κ3) is 3.46. The Morgan fingerprint density at radius 1 is 1.21 bits per heavy atom. The topological polar surface area (TPSA) is 68.6 Å². The Bertz CT molecular complexity index is 977. The molecule has 0 bridgehead atoms. The van der Waals surface area contributed by atoms with Crippen molar-refractivity contribution < 1.29 is 14.5 Å². The number of aromatic nitrogens is 2. The number of nitrogens with one attached hydrogen (secondary N) is 2. The zero-order chi connectivity index (χ0) is 19.5. The van der Waals surface area contributed by atoms with Gasteiger partial charge in [0.25, 0.3) is 11.7 Å². The molecule has 2 N–H and O–H groups in total. The maximum absolute atomic E-state index is 13.0. The lowest BCUT2D eigenvalue weighted by Gasteiger charge is -2.33. The van der Waals surface area contributed by atoms with E-state index < -0.39 is 0 Å². The molecule has 0 aliphatic carbocycles. The number of rotatable bonds is 5. The fourth-order valence-corrected chi connectivity index (χ4v) is 3.66. The number of fused-ring (bicyclic) bond motifs is 1. The summed E-state index contributed by atoms with van der Waals surface area (Å²) in [6.07, 6.45) is 3.21. The number of benzene rings is 1. The molecule has 1 aliphatic heterocycles. The molecule has 1 aromatic carbocycles. The molecule has 0 saturated carbocycles. The summed E-state index contributed by atoms with van der Waals surface area (Å²) in [5, 5.41) is 3.15. The van der Waals surface area contributed by atoms with Crippen molar-refractivity contribution in [3.05, 3.63) is 88.9 Å². The number of anilines is 1. The predicted octanol–water partition coefficient (Wildman–Crippen LogP) is 2.80. The first-order valence-electron chi connectivity index (χ1n) is 9.23. The summed E-state index contributed by atoms with van der Waals surface area (Å²) in [5.74, 6) is 0.685. The van der Waals surface area contributed by atoms with Crippen molar-refractivity contribution in [2.75, 3.05) is 12.0 Å². The van der Waals surface area contributed by atoms with Crippen LogP contribution in [0.2, 0.25) is 0 Å². The molecule has 6 nitrogen and oxygen atoms in total. The first kappa shape index (κ1) is 18.1. The van der Waals surface area contributed by atoms with Gasteiger partial charge in [-0.2, -0.15) is 0 Å². The number of H-pyrrole nitrogens is 1. The number of methoxy groups -OCH3 is 1. The van der Waals surface area contributed by atoms with Gasteiger partial charge in [-0.25, -0.2) is 9.88 Å². The van der Waals surface area contributed by atoms with Crippen molar-refractivity contribution in [3.63, 3.8) is 0 Å². The van der Waals surface area contributed by atoms with Crippen molar-refractivity contribution in [2.45, 2.75) is 26.2 Å². The second kappa shape index (κ2) is 7.78. The van der Waals surface area contributed by atoms with Crippen LogP contribution in [-0.2, 0) is 17.9 Å². The van der Waals surface area contributed by atoms with Crippen LogP contribution in [0.1, 0.15) is 38.9 Å². The van der Waals surface area contributed by atoms with Gasteiger partial charge in [-0.3, -0.25) is 9.78 Å². The Morgan fingerprint density at radius 2 is 2.04 bits per heavy atom. The van der Waals surface area contributed by atoms with E-state index in [4.69, 9.17) is 4.74 Å². The van der Waals surface area contributed by atoms with Gasteiger partial charge in [0.15, 0.2) is 6.17 Å². The maximum Gasteiger partial charge on any atom is 0.290 e. The molecule has 3 heterocycles. The lowest BCUT2D eigenvalue weighted by molar-refractivity contribution is -0.375. The van der Waals surface area contributed by atoms with E-state index in [2.05, 4.69) is 32.3 Å². The first-order chi connectivity index (χ1) is 13.7. The fraction of sp³-hybridized carbons (Fsp3) is 0.227. The summed E-state index contributed by atoms with van der Waals surface area (Å²) < 4.78 is 5.34. The lowest BCUT2D eigenvalue weighted by atomic mass is 10.0. The Morgan fingerprint density at radius 3 is 2.75 bits per heavy atom. The SMILES string of the molecule is COCc1cc(C)[nH+]c2c1C(=O)N[C@H](c1cccnc1)N2Cc1ccccc1. The van der Waals surface area contributed by atoms with E-state index in [1.165, 1.54) is 0 Å². The van der Waals surface area contributed by atoms with E-state index in [0.29, 0.717) is 18.7 Å². The molecule has 6 heteroatoms. The predicted molar refractivity (Wildman–Crippen MR) is 106 cm³/mol. The zero-order valence-corrected chi connectivity index (χ0v) is 16.0. The first-order valence-corrected chi connectivity index (χ1v) is 9.23. The second-order valence-electron chi connectivity index (χ2n) is 6.91. The number of pyridine rings is 2. The molecule has 28 heavy (non-hydrogen) atoms. The number of amides is 1. The van der Waals surface area contributed by atoms with Crippen LogP contribution in [0.15, 0.2) is 60.9 Å². The molecule has 142 valence electrons. The number of hydrogen-bond donors (Lipinski definition) is 1. The van der Waals surface area contributed by atoms with Gasteiger partial charge in [0.05, 0.1) is 12.3 Å². The Hall–Kier alpha value is -3.25. The molecule has 0 radical (unpaired) electrons. The van der Waals surface area contributed by atoms with Gasteiger partial charge in [-0.15, -0.1) is 0 Å². The highest BCUT2D eigenvalue weighted by Gasteiger charge is 2.40. The maximum atomic E-state index is 13.0. The molecule has 0 saturated heterocycles. The van der Waals surface area contributed by atoms with Crippen LogP contribution >= 0.6 is 0 Å². The summed E-state index contributed by atoms with van der Waals surface area (Å²) in [6, 6.07) is 16.0. The molecule has 1 amide bonds. The largest absolute Gasteiger partial charge is 0.380 e. The fourth-order valence-electron chi connectivity index (χ4n) is 3.66. The monoisotopic (exact) mass is 375 g/mol. The molecule has 1 aliphatic rings. The van der Waals surface area contributed by atoms with E-state index in [-0.39, 0.29) is 12.1 Å². The minimum Gasteiger partial charge on any atom is -0.380 e. The van der Waals surface area contributed by atoms with E-state index in [9.17, 15) is 4.79 Å². The van der Waals surface area contributed by atoms with Crippen molar-refractivity contribution in [1.29, 1.82) is 0 Å². The van der Waals surface area contributed by atoms with Crippen LogP contribution in [0, 0.1) is 6.92 Å². The Kier molecular flexibility index (Phi) is 5.04. The molecular weight excluding hydrogens is 352 g/mol. The van der Waals surface area contributed by atoms with Crippen LogP contribution in [0.4, 0.5) is 5.82 Å². The molecule has 1 atom stereocenters. The zero-order valence-electron chi connectivity index (χ0n) is 16.0. The number of nitrogens with zero attached hydrogens (tertiary/aromatic N) is 2. The molecule has 2 aromatic heterocycles. The van der Waals surface area contributed by atoms with E-state index in [1.807, 2.05) is 43.3 Å². The summed E-state index contributed by atoms with van der Waals surface area (Å²) in [7, 11) is 1.64. The Balaban J connectivity index is 1.86. The molecule has 0 unspecified atom stereocenters. The van der Waals surface area contributed by atoms with E-state index >= 15 is 0 Å². The van der Waals surface area contributed by atoms with E-state index in [1.54, 1.807) is 19.5 Å². The number of aryl methyl sites for hydroxylation is 1. The average molecular weight is 375 g/mol. The van der Waals surface area contributed by atoms with Crippen molar-refractivity contribution in [3.8, 4) is 0 Å². The van der Waals surface area contributed by atoms with Crippen LogP contribution in [0.3, 0.4) is 0 Å². The van der Waals surface area contributed by atoms with Crippen LogP contribution in [0.5, 0.6) is 0 Å².